The minimum atomic E-state index is -2.49. The van der Waals surface area contributed by atoms with Gasteiger partial charge in [0.05, 0.1) is 12.6 Å². The van der Waals surface area contributed by atoms with E-state index in [-0.39, 0.29) is 11.9 Å². The maximum atomic E-state index is 11.7. The molecule has 1 aliphatic rings. The number of amides is 1. The van der Waals surface area contributed by atoms with Crippen LogP contribution in [0.15, 0.2) is 0 Å². The van der Waals surface area contributed by atoms with Gasteiger partial charge in [-0.15, -0.1) is 0 Å². The van der Waals surface area contributed by atoms with Gasteiger partial charge in [-0.05, 0) is 0 Å². The van der Waals surface area contributed by atoms with Crippen molar-refractivity contribution >= 4 is 5.91 Å². The first-order chi connectivity index (χ1) is 6.20. The number of piperazine rings is 1. The van der Waals surface area contributed by atoms with E-state index in [2.05, 4.69) is 16.0 Å². The lowest BCUT2D eigenvalue weighted by molar-refractivity contribution is -0.123. The van der Waals surface area contributed by atoms with Crippen LogP contribution in [0, 0.1) is 0 Å². The molecule has 1 unspecified atom stereocenters. The molecule has 1 saturated heterocycles. The smallest absolute Gasteiger partial charge is 0.255 e. The summed E-state index contributed by atoms with van der Waals surface area (Å²) in [5.74, 6) is -0.368. The van der Waals surface area contributed by atoms with Crippen LogP contribution in [-0.2, 0) is 4.79 Å². The monoisotopic (exact) mass is 193 g/mol. The molecule has 0 aromatic rings. The summed E-state index contributed by atoms with van der Waals surface area (Å²) < 4.78 is 23.4. The van der Waals surface area contributed by atoms with E-state index >= 15 is 0 Å². The number of nitrogens with one attached hydrogen (secondary N) is 3. The third kappa shape index (κ3) is 3.65. The Kier molecular flexibility index (Phi) is 4.04. The van der Waals surface area contributed by atoms with Crippen LogP contribution < -0.4 is 16.0 Å². The zero-order valence-electron chi connectivity index (χ0n) is 7.15. The maximum absolute atomic E-state index is 11.7. The van der Waals surface area contributed by atoms with Gasteiger partial charge in [-0.2, -0.15) is 0 Å². The number of halogens is 2. The maximum Gasteiger partial charge on any atom is 0.255 e. The Bertz CT molecular complexity index is 171. The van der Waals surface area contributed by atoms with Gasteiger partial charge in [0.15, 0.2) is 0 Å². The Morgan fingerprint density at radius 1 is 1.54 bits per heavy atom. The number of hydrogen-bond acceptors (Lipinski definition) is 3. The van der Waals surface area contributed by atoms with Gasteiger partial charge < -0.3 is 16.0 Å². The van der Waals surface area contributed by atoms with Gasteiger partial charge in [-0.3, -0.25) is 4.79 Å². The molecular weight excluding hydrogens is 180 g/mol. The molecule has 1 amide bonds. The first kappa shape index (κ1) is 10.3. The zero-order chi connectivity index (χ0) is 9.68. The van der Waals surface area contributed by atoms with E-state index in [9.17, 15) is 13.6 Å². The van der Waals surface area contributed by atoms with Crippen LogP contribution in [0.4, 0.5) is 8.78 Å². The summed E-state index contributed by atoms with van der Waals surface area (Å²) in [7, 11) is 0. The summed E-state index contributed by atoms with van der Waals surface area (Å²) in [4.78, 5) is 11.2. The summed E-state index contributed by atoms with van der Waals surface area (Å²) in [5, 5.41) is 8.08. The number of rotatable bonds is 3. The van der Waals surface area contributed by atoms with Crippen molar-refractivity contribution in [1.82, 2.24) is 16.0 Å². The molecule has 4 nitrogen and oxygen atoms in total. The third-order valence-corrected chi connectivity index (χ3v) is 1.79. The first-order valence-corrected chi connectivity index (χ1v) is 4.20. The molecule has 0 spiro atoms. The molecule has 0 saturated carbocycles. The largest absolute Gasteiger partial charge is 0.349 e. The fourth-order valence-electron chi connectivity index (χ4n) is 1.14. The van der Waals surface area contributed by atoms with E-state index in [1.54, 1.807) is 0 Å². The van der Waals surface area contributed by atoms with Crippen molar-refractivity contribution in [3.63, 3.8) is 0 Å². The summed E-state index contributed by atoms with van der Waals surface area (Å²) in [6.07, 6.45) is -2.49. The van der Waals surface area contributed by atoms with Crippen molar-refractivity contribution in [2.45, 2.75) is 12.5 Å². The lowest BCUT2D eigenvalue weighted by Gasteiger charge is -2.23. The summed E-state index contributed by atoms with van der Waals surface area (Å²) in [6, 6.07) is -0.382. The van der Waals surface area contributed by atoms with Crippen LogP contribution in [0.1, 0.15) is 0 Å². The number of hydrogen-bond donors (Lipinski definition) is 3. The zero-order valence-corrected chi connectivity index (χ0v) is 7.15. The highest BCUT2D eigenvalue weighted by Gasteiger charge is 2.20. The van der Waals surface area contributed by atoms with Crippen LogP contribution in [-0.4, -0.2) is 44.6 Å². The molecule has 13 heavy (non-hydrogen) atoms. The summed E-state index contributed by atoms with van der Waals surface area (Å²) >= 11 is 0. The average molecular weight is 193 g/mol. The molecule has 0 aliphatic carbocycles. The van der Waals surface area contributed by atoms with Gasteiger partial charge in [-0.25, -0.2) is 8.78 Å². The normalized spacial score (nSPS) is 23.2. The summed E-state index contributed by atoms with van der Waals surface area (Å²) in [5.41, 5.74) is 0. The Labute approximate surface area is 75.1 Å². The predicted molar refractivity (Wildman–Crippen MR) is 43.7 cm³/mol. The van der Waals surface area contributed by atoms with Crippen LogP contribution in [0.3, 0.4) is 0 Å². The number of carbonyl (C=O) groups is 1. The highest BCUT2D eigenvalue weighted by atomic mass is 19.3. The van der Waals surface area contributed by atoms with Gasteiger partial charge in [-0.1, -0.05) is 0 Å². The molecule has 76 valence electrons. The molecular formula is C7H13F2N3O. The van der Waals surface area contributed by atoms with E-state index < -0.39 is 13.0 Å². The molecule has 0 radical (unpaired) electrons. The van der Waals surface area contributed by atoms with E-state index in [4.69, 9.17) is 0 Å². The topological polar surface area (TPSA) is 53.2 Å². The number of carbonyl (C=O) groups excluding carboxylic acids is 1. The van der Waals surface area contributed by atoms with Gasteiger partial charge in [0, 0.05) is 19.6 Å². The molecule has 6 heteroatoms. The molecule has 0 bridgehead atoms. The van der Waals surface area contributed by atoms with Crippen LogP contribution in [0.5, 0.6) is 0 Å². The fraction of sp³-hybridized carbons (Fsp3) is 0.857. The predicted octanol–water partition coefficient (Wildman–Crippen LogP) is -1.07. The van der Waals surface area contributed by atoms with Crippen molar-refractivity contribution in [2.75, 3.05) is 26.2 Å². The Morgan fingerprint density at radius 3 is 2.85 bits per heavy atom. The van der Waals surface area contributed by atoms with E-state index in [1.807, 2.05) is 0 Å². The van der Waals surface area contributed by atoms with Crippen molar-refractivity contribution in [3.8, 4) is 0 Å². The van der Waals surface area contributed by atoms with Crippen LogP contribution in [0.2, 0.25) is 0 Å². The first-order valence-electron chi connectivity index (χ1n) is 4.20. The second-order valence-corrected chi connectivity index (χ2v) is 2.85. The molecule has 1 fully saturated rings. The Morgan fingerprint density at radius 2 is 2.31 bits per heavy atom. The molecule has 1 rings (SSSR count). The van der Waals surface area contributed by atoms with Gasteiger partial charge in [0.1, 0.15) is 0 Å². The second kappa shape index (κ2) is 5.08. The molecule has 0 aromatic heterocycles. The van der Waals surface area contributed by atoms with Gasteiger partial charge in [0.25, 0.3) is 6.43 Å². The van der Waals surface area contributed by atoms with Crippen molar-refractivity contribution < 1.29 is 13.6 Å². The van der Waals surface area contributed by atoms with Crippen molar-refractivity contribution in [2.24, 2.45) is 0 Å². The molecule has 0 aromatic carbocycles. The highest BCUT2D eigenvalue weighted by Crippen LogP contribution is 1.91. The third-order valence-electron chi connectivity index (χ3n) is 1.79. The quantitative estimate of drug-likeness (QED) is 0.535. The minimum absolute atomic E-state index is 0.368. The lowest BCUT2D eigenvalue weighted by atomic mass is 10.2. The van der Waals surface area contributed by atoms with Crippen molar-refractivity contribution in [3.05, 3.63) is 0 Å². The van der Waals surface area contributed by atoms with Crippen LogP contribution in [0.25, 0.3) is 0 Å². The van der Waals surface area contributed by atoms with E-state index in [0.717, 1.165) is 6.54 Å². The lowest BCUT2D eigenvalue weighted by Crippen LogP contribution is -2.56. The Hall–Kier alpha value is -0.750. The number of alkyl halides is 2. The molecule has 1 heterocycles. The fourth-order valence-corrected chi connectivity index (χ4v) is 1.14. The van der Waals surface area contributed by atoms with Crippen LogP contribution >= 0.6 is 0 Å². The summed E-state index contributed by atoms with van der Waals surface area (Å²) in [6.45, 7) is 1.41. The second-order valence-electron chi connectivity index (χ2n) is 2.85. The standard InChI is InChI=1S/C7H13F2N3O/c8-6(9)4-12-7(13)5-3-10-1-2-11-5/h5-6,10-11H,1-4H2,(H,12,13). The minimum Gasteiger partial charge on any atom is -0.349 e. The van der Waals surface area contributed by atoms with Gasteiger partial charge >= 0.3 is 0 Å². The SMILES string of the molecule is O=C(NCC(F)F)C1CNCCN1. The van der Waals surface area contributed by atoms with E-state index in [0.29, 0.717) is 13.1 Å². The van der Waals surface area contributed by atoms with Crippen molar-refractivity contribution in [1.29, 1.82) is 0 Å². The Balaban J connectivity index is 2.21. The molecule has 1 aliphatic heterocycles. The molecule has 1 atom stereocenters. The highest BCUT2D eigenvalue weighted by molar-refractivity contribution is 5.82. The average Bonchev–Trinajstić information content (AvgIpc) is 2.15. The van der Waals surface area contributed by atoms with E-state index in [1.165, 1.54) is 0 Å². The van der Waals surface area contributed by atoms with Gasteiger partial charge in [0.2, 0.25) is 5.91 Å². The molecule has 3 N–H and O–H groups in total.